The van der Waals surface area contributed by atoms with Crippen LogP contribution in [0.15, 0.2) is 41.4 Å². The molecule has 0 unspecified atom stereocenters. The fourth-order valence-electron chi connectivity index (χ4n) is 3.87. The van der Waals surface area contributed by atoms with Gasteiger partial charge in [0.15, 0.2) is 0 Å². The summed E-state index contributed by atoms with van der Waals surface area (Å²) < 4.78 is 0. The molecule has 2 aromatic rings. The van der Waals surface area contributed by atoms with Crippen LogP contribution < -0.4 is 16.0 Å². The molecule has 4 rings (SSSR count). The summed E-state index contributed by atoms with van der Waals surface area (Å²) in [4.78, 5) is 32.1. The second-order valence-corrected chi connectivity index (χ2v) is 8.88. The molecule has 0 spiro atoms. The van der Waals surface area contributed by atoms with Crippen molar-refractivity contribution >= 4 is 34.9 Å². The maximum Gasteiger partial charge on any atom is 0.290 e. The van der Waals surface area contributed by atoms with Crippen molar-refractivity contribution in [2.24, 2.45) is 0 Å². The molecular formula is C23H24N6O2S. The summed E-state index contributed by atoms with van der Waals surface area (Å²) in [5, 5.41) is 17.8. The molecule has 0 bridgehead atoms. The summed E-state index contributed by atoms with van der Waals surface area (Å²) in [5.41, 5.74) is 2.52. The zero-order valence-corrected chi connectivity index (χ0v) is 18.3. The van der Waals surface area contributed by atoms with E-state index in [4.69, 9.17) is 5.26 Å². The second-order valence-electron chi connectivity index (χ2n) is 7.86. The summed E-state index contributed by atoms with van der Waals surface area (Å²) >= 11 is 0.878. The Balaban J connectivity index is 1.22. The van der Waals surface area contributed by atoms with E-state index in [-0.39, 0.29) is 5.24 Å². The van der Waals surface area contributed by atoms with Crippen molar-refractivity contribution in [2.45, 2.75) is 44.2 Å². The van der Waals surface area contributed by atoms with Gasteiger partial charge in [0.2, 0.25) is 5.95 Å². The van der Waals surface area contributed by atoms with Crippen LogP contribution in [0, 0.1) is 11.3 Å². The fraction of sp³-hybridized carbons (Fsp3) is 0.348. The summed E-state index contributed by atoms with van der Waals surface area (Å²) in [6.45, 7) is 0.919. The summed E-state index contributed by atoms with van der Waals surface area (Å²) in [6, 6.07) is 12.4. The van der Waals surface area contributed by atoms with Gasteiger partial charge in [-0.2, -0.15) is 5.26 Å². The molecule has 2 amide bonds. The molecule has 2 fully saturated rings. The van der Waals surface area contributed by atoms with Crippen molar-refractivity contribution in [2.75, 3.05) is 11.9 Å². The van der Waals surface area contributed by atoms with E-state index in [9.17, 15) is 9.59 Å². The van der Waals surface area contributed by atoms with Crippen molar-refractivity contribution in [3.8, 4) is 6.07 Å². The first-order valence-electron chi connectivity index (χ1n) is 10.7. The van der Waals surface area contributed by atoms with Gasteiger partial charge < -0.3 is 10.6 Å². The van der Waals surface area contributed by atoms with Crippen LogP contribution in [0.1, 0.15) is 42.5 Å². The highest BCUT2D eigenvalue weighted by Crippen LogP contribution is 2.25. The second kappa shape index (κ2) is 10.4. The largest absolute Gasteiger partial charge is 0.351 e. The van der Waals surface area contributed by atoms with E-state index in [1.165, 1.54) is 5.56 Å². The number of nitriles is 1. The number of anilines is 1. The molecule has 1 aromatic heterocycles. The third-order valence-electron chi connectivity index (χ3n) is 5.59. The fourth-order valence-corrected chi connectivity index (χ4v) is 4.54. The van der Waals surface area contributed by atoms with Crippen LogP contribution in [0.5, 0.6) is 0 Å². The third kappa shape index (κ3) is 5.93. The predicted octanol–water partition coefficient (Wildman–Crippen LogP) is 3.23. The van der Waals surface area contributed by atoms with E-state index >= 15 is 0 Å². The SMILES string of the molecule is N#Cc1ccc(CCN[C@H]2CC[C@H](Nc3nccc(/C=C4\SC(=O)NC4=O)n3)CC2)cc1. The van der Waals surface area contributed by atoms with Gasteiger partial charge >= 0.3 is 0 Å². The number of imide groups is 1. The molecule has 0 radical (unpaired) electrons. The molecule has 32 heavy (non-hydrogen) atoms. The van der Waals surface area contributed by atoms with Crippen LogP contribution >= 0.6 is 11.8 Å². The lowest BCUT2D eigenvalue weighted by molar-refractivity contribution is -0.115. The number of nitrogens with one attached hydrogen (secondary N) is 3. The number of benzene rings is 1. The molecule has 9 heteroatoms. The highest BCUT2D eigenvalue weighted by molar-refractivity contribution is 8.18. The molecule has 0 atom stereocenters. The summed E-state index contributed by atoms with van der Waals surface area (Å²) in [6.07, 6.45) is 8.40. The van der Waals surface area contributed by atoms with Gasteiger partial charge in [-0.3, -0.25) is 14.9 Å². The number of amides is 2. The summed E-state index contributed by atoms with van der Waals surface area (Å²) in [5.74, 6) is 0.143. The van der Waals surface area contributed by atoms with Crippen molar-refractivity contribution in [1.82, 2.24) is 20.6 Å². The molecule has 1 saturated carbocycles. The Hall–Kier alpha value is -3.22. The van der Waals surface area contributed by atoms with Crippen LogP contribution in [0.3, 0.4) is 0 Å². The van der Waals surface area contributed by atoms with Crippen LogP contribution in [0.25, 0.3) is 6.08 Å². The van der Waals surface area contributed by atoms with Crippen LogP contribution in [0.2, 0.25) is 0 Å². The third-order valence-corrected chi connectivity index (χ3v) is 6.40. The molecule has 1 saturated heterocycles. The van der Waals surface area contributed by atoms with E-state index in [1.807, 2.05) is 24.3 Å². The number of hydrogen-bond acceptors (Lipinski definition) is 8. The number of carbonyl (C=O) groups is 2. The van der Waals surface area contributed by atoms with E-state index in [0.717, 1.165) is 50.4 Å². The number of thioether (sulfide) groups is 1. The monoisotopic (exact) mass is 448 g/mol. The Kier molecular flexibility index (Phi) is 7.14. The van der Waals surface area contributed by atoms with Crippen molar-refractivity contribution in [1.29, 1.82) is 5.26 Å². The highest BCUT2D eigenvalue weighted by atomic mass is 32.2. The van der Waals surface area contributed by atoms with Crippen molar-refractivity contribution in [3.05, 3.63) is 58.3 Å². The Bertz CT molecular complexity index is 1050. The van der Waals surface area contributed by atoms with Gasteiger partial charge in [0, 0.05) is 18.3 Å². The van der Waals surface area contributed by atoms with E-state index < -0.39 is 5.91 Å². The standard InChI is InChI=1S/C23H24N6O2S/c24-14-16-3-1-15(2-4-16)9-11-25-17-5-7-18(8-6-17)27-22-26-12-10-19(28-22)13-20-21(30)29-23(31)32-20/h1-4,10,12-13,17-18,25H,5-9,11H2,(H,26,27,28)(H,29,30,31)/b20-13-/t17-,18-. The highest BCUT2D eigenvalue weighted by Gasteiger charge is 2.25. The lowest BCUT2D eigenvalue weighted by Gasteiger charge is -2.29. The van der Waals surface area contributed by atoms with Crippen LogP contribution in [-0.4, -0.2) is 39.7 Å². The van der Waals surface area contributed by atoms with Crippen LogP contribution in [0.4, 0.5) is 10.7 Å². The number of rotatable bonds is 7. The number of carbonyl (C=O) groups excluding carboxylic acids is 2. The number of nitrogens with zero attached hydrogens (tertiary/aromatic N) is 3. The van der Waals surface area contributed by atoms with E-state index in [0.29, 0.717) is 34.2 Å². The zero-order chi connectivity index (χ0) is 22.3. The van der Waals surface area contributed by atoms with Crippen LogP contribution in [-0.2, 0) is 11.2 Å². The number of hydrogen-bond donors (Lipinski definition) is 3. The molecular weight excluding hydrogens is 424 g/mol. The zero-order valence-electron chi connectivity index (χ0n) is 17.5. The van der Waals surface area contributed by atoms with Crippen molar-refractivity contribution in [3.63, 3.8) is 0 Å². The first kappa shape index (κ1) is 22.0. The topological polar surface area (TPSA) is 120 Å². The Morgan fingerprint density at radius 2 is 1.88 bits per heavy atom. The van der Waals surface area contributed by atoms with Gasteiger partial charge in [0.05, 0.1) is 22.2 Å². The smallest absolute Gasteiger partial charge is 0.290 e. The minimum atomic E-state index is -0.391. The molecule has 164 valence electrons. The average Bonchev–Trinajstić information content (AvgIpc) is 3.12. The first-order chi connectivity index (χ1) is 15.6. The van der Waals surface area contributed by atoms with Gasteiger partial charge in [0.25, 0.3) is 11.1 Å². The quantitative estimate of drug-likeness (QED) is 0.552. The normalized spacial score (nSPS) is 21.9. The molecule has 1 aromatic carbocycles. The molecule has 8 nitrogen and oxygen atoms in total. The molecule has 3 N–H and O–H groups in total. The minimum absolute atomic E-state index is 0.306. The molecule has 2 heterocycles. The maximum absolute atomic E-state index is 11.7. The van der Waals surface area contributed by atoms with Crippen molar-refractivity contribution < 1.29 is 9.59 Å². The van der Waals surface area contributed by atoms with Gasteiger partial charge in [0.1, 0.15) is 0 Å². The lowest BCUT2D eigenvalue weighted by atomic mass is 9.91. The summed E-state index contributed by atoms with van der Waals surface area (Å²) in [7, 11) is 0. The Labute approximate surface area is 190 Å². The number of aromatic nitrogens is 2. The molecule has 1 aliphatic heterocycles. The Morgan fingerprint density at radius 1 is 1.12 bits per heavy atom. The first-order valence-corrected chi connectivity index (χ1v) is 11.5. The van der Waals surface area contributed by atoms with E-state index in [1.54, 1.807) is 18.3 Å². The minimum Gasteiger partial charge on any atom is -0.351 e. The molecule has 1 aliphatic carbocycles. The lowest BCUT2D eigenvalue weighted by Crippen LogP contribution is -2.38. The van der Waals surface area contributed by atoms with Gasteiger partial charge in [-0.15, -0.1) is 0 Å². The maximum atomic E-state index is 11.7. The Morgan fingerprint density at radius 3 is 2.56 bits per heavy atom. The van der Waals surface area contributed by atoms with E-state index in [2.05, 4.69) is 32.0 Å². The van der Waals surface area contributed by atoms with Gasteiger partial charge in [-0.05, 0) is 80.2 Å². The van der Waals surface area contributed by atoms with Gasteiger partial charge in [-0.1, -0.05) is 12.1 Å². The van der Waals surface area contributed by atoms with Gasteiger partial charge in [-0.25, -0.2) is 9.97 Å². The average molecular weight is 449 g/mol. The predicted molar refractivity (Wildman–Crippen MR) is 124 cm³/mol. The molecule has 2 aliphatic rings.